The van der Waals surface area contributed by atoms with Crippen molar-refractivity contribution in [2.45, 2.75) is 25.6 Å². The van der Waals surface area contributed by atoms with Gasteiger partial charge in [0, 0.05) is 18.6 Å². The third-order valence-electron chi connectivity index (χ3n) is 4.57. The van der Waals surface area contributed by atoms with E-state index in [0.717, 1.165) is 0 Å². The van der Waals surface area contributed by atoms with Gasteiger partial charge < -0.3 is 24.1 Å². The van der Waals surface area contributed by atoms with E-state index in [2.05, 4.69) is 17.9 Å². The maximum Gasteiger partial charge on any atom is 0.414 e. The second-order valence-corrected chi connectivity index (χ2v) is 7.26. The summed E-state index contributed by atoms with van der Waals surface area (Å²) in [5.41, 5.74) is 0.888. The van der Waals surface area contributed by atoms with E-state index in [9.17, 15) is 14.4 Å². The van der Waals surface area contributed by atoms with E-state index in [1.807, 2.05) is 0 Å². The molecule has 0 aliphatic carbocycles. The van der Waals surface area contributed by atoms with Crippen LogP contribution in [0.3, 0.4) is 0 Å². The minimum atomic E-state index is -0.948. The van der Waals surface area contributed by atoms with Crippen molar-refractivity contribution in [1.29, 1.82) is 0 Å². The summed E-state index contributed by atoms with van der Waals surface area (Å²) in [6.45, 7) is 2.15. The number of aliphatic hydroxyl groups is 1. The maximum absolute atomic E-state index is 12.6. The second-order valence-electron chi connectivity index (χ2n) is 6.95. The van der Waals surface area contributed by atoms with Crippen molar-refractivity contribution in [2.75, 3.05) is 32.2 Å². The SMILES string of the molecule is CCO[C@@H](CCOC(=O)CS)[C@@H](OC(=O)NC(=O)c1ccccc1)c1ccc(OCCO)cc1. The van der Waals surface area contributed by atoms with Gasteiger partial charge in [-0.2, -0.15) is 12.6 Å². The minimum absolute atomic E-state index is 0.0339. The Hall–Kier alpha value is -3.08. The number of rotatable bonds is 13. The van der Waals surface area contributed by atoms with E-state index >= 15 is 0 Å². The molecule has 10 heteroatoms. The lowest BCUT2D eigenvalue weighted by Crippen LogP contribution is -2.36. The molecule has 2 aromatic rings. The lowest BCUT2D eigenvalue weighted by atomic mass is 10.0. The van der Waals surface area contributed by atoms with Crippen LogP contribution in [0.2, 0.25) is 0 Å². The number of thiol groups is 1. The largest absolute Gasteiger partial charge is 0.491 e. The number of nitrogens with one attached hydrogen (secondary N) is 1. The number of imide groups is 1. The summed E-state index contributed by atoms with van der Waals surface area (Å²) < 4.78 is 21.9. The van der Waals surface area contributed by atoms with Gasteiger partial charge in [0.05, 0.1) is 19.0 Å². The van der Waals surface area contributed by atoms with Gasteiger partial charge in [0.25, 0.3) is 5.91 Å². The number of alkyl carbamates (subject to hydrolysis) is 1. The van der Waals surface area contributed by atoms with Gasteiger partial charge in [-0.15, -0.1) is 0 Å². The van der Waals surface area contributed by atoms with Crippen molar-refractivity contribution in [3.05, 3.63) is 65.7 Å². The molecule has 0 saturated heterocycles. The number of carbonyl (C=O) groups excluding carboxylic acids is 3. The topological polar surface area (TPSA) is 120 Å². The standard InChI is InChI=1S/C24H29NO8S/c1-2-30-20(12-14-32-21(27)16-34)22(17-8-10-19(11-9-17)31-15-13-26)33-24(29)25-23(28)18-6-4-3-5-7-18/h3-11,20,22,26,34H,2,12-16H2,1H3,(H,25,28,29)/t20-,22-/m0/s1. The Kier molecular flexibility index (Phi) is 11.9. The number of esters is 1. The quantitative estimate of drug-likeness (QED) is 0.289. The number of amides is 2. The Balaban J connectivity index is 2.19. The van der Waals surface area contributed by atoms with Crippen LogP contribution >= 0.6 is 12.6 Å². The van der Waals surface area contributed by atoms with E-state index < -0.39 is 30.2 Å². The molecule has 184 valence electrons. The van der Waals surface area contributed by atoms with E-state index in [1.165, 1.54) is 0 Å². The van der Waals surface area contributed by atoms with Gasteiger partial charge in [0.15, 0.2) is 6.10 Å². The van der Waals surface area contributed by atoms with Crippen molar-refractivity contribution < 1.29 is 38.4 Å². The van der Waals surface area contributed by atoms with Crippen molar-refractivity contribution in [3.63, 3.8) is 0 Å². The molecule has 0 fully saturated rings. The lowest BCUT2D eigenvalue weighted by Gasteiger charge is -2.27. The normalized spacial score (nSPS) is 12.3. The fourth-order valence-corrected chi connectivity index (χ4v) is 3.14. The molecule has 2 N–H and O–H groups in total. The highest BCUT2D eigenvalue weighted by atomic mass is 32.1. The van der Waals surface area contributed by atoms with Gasteiger partial charge in [-0.05, 0) is 36.8 Å². The van der Waals surface area contributed by atoms with Crippen LogP contribution in [0.25, 0.3) is 0 Å². The molecular weight excluding hydrogens is 462 g/mol. The maximum atomic E-state index is 12.6. The van der Waals surface area contributed by atoms with Gasteiger partial charge >= 0.3 is 12.1 Å². The Bertz CT molecular complexity index is 907. The van der Waals surface area contributed by atoms with Gasteiger partial charge in [0.2, 0.25) is 0 Å². The molecule has 0 aliphatic rings. The Morgan fingerprint density at radius 1 is 1.03 bits per heavy atom. The molecule has 34 heavy (non-hydrogen) atoms. The minimum Gasteiger partial charge on any atom is -0.491 e. The molecule has 0 bridgehead atoms. The smallest absolute Gasteiger partial charge is 0.414 e. The van der Waals surface area contributed by atoms with Crippen LogP contribution in [0.5, 0.6) is 5.75 Å². The summed E-state index contributed by atoms with van der Waals surface area (Å²) in [5, 5.41) is 11.1. The van der Waals surface area contributed by atoms with Crippen LogP contribution in [-0.2, 0) is 19.0 Å². The zero-order valence-corrected chi connectivity index (χ0v) is 19.7. The summed E-state index contributed by atoms with van der Waals surface area (Å²) in [6.07, 6.45) is -2.29. The van der Waals surface area contributed by atoms with Crippen molar-refractivity contribution in [2.24, 2.45) is 0 Å². The fourth-order valence-electron chi connectivity index (χ4n) is 3.05. The van der Waals surface area contributed by atoms with E-state index in [-0.39, 0.29) is 32.0 Å². The third kappa shape index (κ3) is 9.05. The summed E-state index contributed by atoms with van der Waals surface area (Å²) in [5.74, 6) is -0.616. The number of hydrogen-bond donors (Lipinski definition) is 3. The molecule has 2 aromatic carbocycles. The van der Waals surface area contributed by atoms with Gasteiger partial charge in [0.1, 0.15) is 18.5 Å². The number of hydrogen-bond acceptors (Lipinski definition) is 9. The molecular formula is C24H29NO8S. The Morgan fingerprint density at radius 3 is 2.35 bits per heavy atom. The predicted octanol–water partition coefficient (Wildman–Crippen LogP) is 2.93. The number of benzene rings is 2. The first-order chi connectivity index (χ1) is 16.5. The van der Waals surface area contributed by atoms with Crippen LogP contribution < -0.4 is 10.1 Å². The molecule has 0 unspecified atom stereocenters. The van der Waals surface area contributed by atoms with Crippen molar-refractivity contribution in [1.82, 2.24) is 5.32 Å². The first-order valence-corrected chi connectivity index (χ1v) is 11.4. The zero-order chi connectivity index (χ0) is 24.8. The highest BCUT2D eigenvalue weighted by Gasteiger charge is 2.29. The van der Waals surface area contributed by atoms with Crippen molar-refractivity contribution >= 4 is 30.6 Å². The average Bonchev–Trinajstić information content (AvgIpc) is 2.86. The molecule has 2 amide bonds. The molecule has 0 radical (unpaired) electrons. The summed E-state index contributed by atoms with van der Waals surface area (Å²) >= 11 is 3.88. The number of ether oxygens (including phenoxy) is 4. The highest BCUT2D eigenvalue weighted by molar-refractivity contribution is 7.81. The van der Waals surface area contributed by atoms with Crippen LogP contribution in [0.1, 0.15) is 35.4 Å². The summed E-state index contributed by atoms with van der Waals surface area (Å²) in [6, 6.07) is 15.0. The molecule has 2 rings (SSSR count). The Morgan fingerprint density at radius 2 is 1.74 bits per heavy atom. The van der Waals surface area contributed by atoms with Gasteiger partial charge in [-0.1, -0.05) is 30.3 Å². The Labute approximate surface area is 203 Å². The summed E-state index contributed by atoms with van der Waals surface area (Å²) in [7, 11) is 0. The molecule has 2 atom stereocenters. The molecule has 0 heterocycles. The first-order valence-electron chi connectivity index (χ1n) is 10.8. The second kappa shape index (κ2) is 14.9. The van der Waals surface area contributed by atoms with E-state index in [0.29, 0.717) is 23.5 Å². The fraction of sp³-hybridized carbons (Fsp3) is 0.375. The first kappa shape index (κ1) is 27.2. The predicted molar refractivity (Wildman–Crippen MR) is 127 cm³/mol. The van der Waals surface area contributed by atoms with Crippen LogP contribution in [0.15, 0.2) is 54.6 Å². The van der Waals surface area contributed by atoms with Crippen LogP contribution in [0, 0.1) is 0 Å². The van der Waals surface area contributed by atoms with Crippen molar-refractivity contribution in [3.8, 4) is 5.75 Å². The van der Waals surface area contributed by atoms with Gasteiger partial charge in [-0.3, -0.25) is 14.9 Å². The monoisotopic (exact) mass is 491 g/mol. The number of carbonyl (C=O) groups is 3. The van der Waals surface area contributed by atoms with E-state index in [1.54, 1.807) is 61.5 Å². The molecule has 9 nitrogen and oxygen atoms in total. The van der Waals surface area contributed by atoms with E-state index in [4.69, 9.17) is 24.1 Å². The molecule has 0 saturated carbocycles. The molecule has 0 spiro atoms. The number of aliphatic hydroxyl groups excluding tert-OH is 1. The molecule has 0 aliphatic heterocycles. The average molecular weight is 492 g/mol. The molecule has 0 aromatic heterocycles. The zero-order valence-electron chi connectivity index (χ0n) is 18.8. The lowest BCUT2D eigenvalue weighted by molar-refractivity contribution is -0.142. The summed E-state index contributed by atoms with van der Waals surface area (Å²) in [4.78, 5) is 36.4. The highest BCUT2D eigenvalue weighted by Crippen LogP contribution is 2.28. The van der Waals surface area contributed by atoms with Gasteiger partial charge in [-0.25, -0.2) is 4.79 Å². The van der Waals surface area contributed by atoms with Crippen LogP contribution in [-0.4, -0.2) is 61.4 Å². The third-order valence-corrected chi connectivity index (χ3v) is 4.83. The van der Waals surface area contributed by atoms with Crippen LogP contribution in [0.4, 0.5) is 4.79 Å².